The number of nitrogens with one attached hydrogen (secondary N) is 1. The van der Waals surface area contributed by atoms with Gasteiger partial charge in [-0.3, -0.25) is 9.78 Å². The number of terminal acetylenes is 1. The van der Waals surface area contributed by atoms with E-state index in [0.717, 1.165) is 16.7 Å². The molecule has 0 aliphatic heterocycles. The number of aromatic nitrogens is 1. The second-order valence-electron chi connectivity index (χ2n) is 5.57. The van der Waals surface area contributed by atoms with E-state index in [9.17, 15) is 4.79 Å². The summed E-state index contributed by atoms with van der Waals surface area (Å²) in [7, 11) is 0. The van der Waals surface area contributed by atoms with Gasteiger partial charge in [0.25, 0.3) is 5.91 Å². The summed E-state index contributed by atoms with van der Waals surface area (Å²) in [4.78, 5) is 20.5. The molecule has 26 heavy (non-hydrogen) atoms. The van der Waals surface area contributed by atoms with Gasteiger partial charge in [-0.1, -0.05) is 30.7 Å². The lowest BCUT2D eigenvalue weighted by Crippen LogP contribution is -2.23. The molecule has 0 spiro atoms. The van der Waals surface area contributed by atoms with Crippen LogP contribution in [-0.4, -0.2) is 16.6 Å². The zero-order valence-electron chi connectivity index (χ0n) is 14.3. The smallest absolute Gasteiger partial charge is 0.255 e. The van der Waals surface area contributed by atoms with Gasteiger partial charge >= 0.3 is 0 Å². The van der Waals surface area contributed by atoms with Crippen molar-refractivity contribution in [2.75, 3.05) is 0 Å². The Bertz CT molecular complexity index is 972. The van der Waals surface area contributed by atoms with Crippen molar-refractivity contribution in [2.24, 2.45) is 4.99 Å². The first-order valence-corrected chi connectivity index (χ1v) is 8.13. The van der Waals surface area contributed by atoms with Crippen molar-refractivity contribution in [3.05, 3.63) is 89.9 Å². The van der Waals surface area contributed by atoms with Gasteiger partial charge in [0.1, 0.15) is 0 Å². The normalized spacial score (nSPS) is 16.2. The standard InChI is InChI=1S/C22H17N3O/c1-3-16-9-10-20(15-21(16)24-4-2)25-22(26)19-7-5-17(6-8-19)18-11-13-23-14-12-18/h2-3,5-15H,1H3,(H,25,26)/b16-3-,24-21?. The van der Waals surface area contributed by atoms with Gasteiger partial charge in [-0.2, -0.15) is 4.99 Å². The quantitative estimate of drug-likeness (QED) is 0.862. The molecule has 126 valence electrons. The Morgan fingerprint density at radius 1 is 1.12 bits per heavy atom. The molecule has 0 saturated carbocycles. The summed E-state index contributed by atoms with van der Waals surface area (Å²) in [5.74, 6) is -0.189. The third kappa shape index (κ3) is 3.85. The predicted octanol–water partition coefficient (Wildman–Crippen LogP) is 3.91. The Morgan fingerprint density at radius 2 is 1.81 bits per heavy atom. The first-order chi connectivity index (χ1) is 12.7. The number of carbonyl (C=O) groups excluding carboxylic acids is 1. The molecule has 1 aliphatic rings. The Morgan fingerprint density at radius 3 is 2.46 bits per heavy atom. The highest BCUT2D eigenvalue weighted by molar-refractivity contribution is 6.13. The lowest BCUT2D eigenvalue weighted by atomic mass is 10.0. The summed E-state index contributed by atoms with van der Waals surface area (Å²) in [6, 6.07) is 13.6. The summed E-state index contributed by atoms with van der Waals surface area (Å²) >= 11 is 0. The minimum absolute atomic E-state index is 0.189. The Labute approximate surface area is 152 Å². The van der Waals surface area contributed by atoms with Gasteiger partial charge in [0.15, 0.2) is 0 Å². The van der Waals surface area contributed by atoms with Crippen molar-refractivity contribution in [3.63, 3.8) is 0 Å². The van der Waals surface area contributed by atoms with Crippen LogP contribution in [0.3, 0.4) is 0 Å². The van der Waals surface area contributed by atoms with Crippen LogP contribution in [0.4, 0.5) is 0 Å². The molecule has 0 bridgehead atoms. The van der Waals surface area contributed by atoms with E-state index in [1.54, 1.807) is 30.6 Å². The highest BCUT2D eigenvalue weighted by atomic mass is 16.1. The maximum atomic E-state index is 12.5. The molecule has 4 nitrogen and oxygen atoms in total. The zero-order chi connectivity index (χ0) is 18.4. The molecule has 0 saturated heterocycles. The van der Waals surface area contributed by atoms with Crippen molar-refractivity contribution in [3.8, 4) is 23.6 Å². The number of benzene rings is 1. The van der Waals surface area contributed by atoms with Gasteiger partial charge in [0.05, 0.1) is 5.71 Å². The van der Waals surface area contributed by atoms with Gasteiger partial charge in [-0.05, 0) is 60.0 Å². The summed E-state index contributed by atoms with van der Waals surface area (Å²) < 4.78 is 0. The lowest BCUT2D eigenvalue weighted by Gasteiger charge is -2.12. The molecule has 1 aliphatic carbocycles. The first kappa shape index (κ1) is 17.1. The van der Waals surface area contributed by atoms with Crippen molar-refractivity contribution in [1.82, 2.24) is 10.3 Å². The zero-order valence-corrected chi connectivity index (χ0v) is 14.3. The van der Waals surface area contributed by atoms with E-state index >= 15 is 0 Å². The van der Waals surface area contributed by atoms with Gasteiger partial charge in [-0.15, -0.1) is 0 Å². The van der Waals surface area contributed by atoms with Crippen LogP contribution < -0.4 is 5.32 Å². The van der Waals surface area contributed by atoms with E-state index in [1.807, 2.05) is 49.4 Å². The van der Waals surface area contributed by atoms with Gasteiger partial charge in [0, 0.05) is 29.7 Å². The first-order valence-electron chi connectivity index (χ1n) is 8.13. The number of amides is 1. The molecule has 1 amide bonds. The van der Waals surface area contributed by atoms with Crippen LogP contribution in [0.25, 0.3) is 11.1 Å². The number of hydrogen-bond donors (Lipinski definition) is 1. The number of nitrogens with zero attached hydrogens (tertiary/aromatic N) is 2. The second kappa shape index (κ2) is 7.91. The molecule has 2 aromatic rings. The SMILES string of the molecule is C#CN=C1C=C(NC(=O)c2ccc(-c3ccncc3)cc2)C=C/C1=C/C. The predicted molar refractivity (Wildman–Crippen MR) is 104 cm³/mol. The third-order valence-corrected chi connectivity index (χ3v) is 3.95. The Hall–Kier alpha value is -3.71. The fraction of sp³-hybridized carbons (Fsp3) is 0.0455. The monoisotopic (exact) mass is 339 g/mol. The van der Waals surface area contributed by atoms with Gasteiger partial charge in [0.2, 0.25) is 0 Å². The van der Waals surface area contributed by atoms with Crippen molar-refractivity contribution in [1.29, 1.82) is 0 Å². The fourth-order valence-corrected chi connectivity index (χ4v) is 2.59. The Balaban J connectivity index is 1.76. The molecule has 0 fully saturated rings. The summed E-state index contributed by atoms with van der Waals surface area (Å²) in [5, 5.41) is 2.88. The largest absolute Gasteiger partial charge is 0.322 e. The molecule has 0 unspecified atom stereocenters. The van der Waals surface area contributed by atoms with Crippen LogP contribution in [0.15, 0.2) is 89.4 Å². The van der Waals surface area contributed by atoms with Crippen LogP contribution in [0, 0.1) is 12.5 Å². The minimum Gasteiger partial charge on any atom is -0.322 e. The number of carbonyl (C=O) groups is 1. The van der Waals surface area contributed by atoms with Crippen LogP contribution in [0.2, 0.25) is 0 Å². The third-order valence-electron chi connectivity index (χ3n) is 3.95. The fourth-order valence-electron chi connectivity index (χ4n) is 2.59. The summed E-state index contributed by atoms with van der Waals surface area (Å²) in [5.41, 5.74) is 4.88. The van der Waals surface area contributed by atoms with Crippen molar-refractivity contribution < 1.29 is 4.79 Å². The molecule has 0 radical (unpaired) electrons. The number of hydrogen-bond acceptors (Lipinski definition) is 3. The van der Waals surface area contributed by atoms with E-state index in [0.29, 0.717) is 17.0 Å². The molecule has 1 aromatic heterocycles. The van der Waals surface area contributed by atoms with Crippen LogP contribution >= 0.6 is 0 Å². The number of aliphatic imine (C=N–C) groups is 1. The molecular weight excluding hydrogens is 322 g/mol. The van der Waals surface area contributed by atoms with Gasteiger partial charge < -0.3 is 5.32 Å². The van der Waals surface area contributed by atoms with E-state index in [2.05, 4.69) is 21.3 Å². The van der Waals surface area contributed by atoms with Crippen LogP contribution in [0.5, 0.6) is 0 Å². The van der Waals surface area contributed by atoms with E-state index in [4.69, 9.17) is 6.42 Å². The summed E-state index contributed by atoms with van der Waals surface area (Å²) in [6.07, 6.45) is 16.1. The second-order valence-corrected chi connectivity index (χ2v) is 5.57. The highest BCUT2D eigenvalue weighted by Gasteiger charge is 2.12. The van der Waals surface area contributed by atoms with E-state index in [1.165, 1.54) is 0 Å². The van der Waals surface area contributed by atoms with Gasteiger partial charge in [-0.25, -0.2) is 0 Å². The molecule has 4 heteroatoms. The average Bonchev–Trinajstić information content (AvgIpc) is 2.69. The van der Waals surface area contributed by atoms with E-state index in [-0.39, 0.29) is 5.91 Å². The van der Waals surface area contributed by atoms with E-state index < -0.39 is 0 Å². The van der Waals surface area contributed by atoms with Crippen LogP contribution in [0.1, 0.15) is 17.3 Å². The number of pyridine rings is 1. The molecule has 0 atom stereocenters. The lowest BCUT2D eigenvalue weighted by molar-refractivity contribution is 0.0967. The molecule has 1 N–H and O–H groups in total. The van der Waals surface area contributed by atoms with Crippen molar-refractivity contribution in [2.45, 2.75) is 6.92 Å². The molecule has 1 heterocycles. The number of allylic oxidation sites excluding steroid dienone is 5. The minimum atomic E-state index is -0.189. The molecular formula is C22H17N3O. The number of rotatable bonds is 3. The Kier molecular flexibility index (Phi) is 5.21. The molecule has 3 rings (SSSR count). The molecule has 1 aromatic carbocycles. The maximum Gasteiger partial charge on any atom is 0.255 e. The van der Waals surface area contributed by atoms with Crippen LogP contribution in [-0.2, 0) is 0 Å². The highest BCUT2D eigenvalue weighted by Crippen LogP contribution is 2.19. The average molecular weight is 339 g/mol. The van der Waals surface area contributed by atoms with Crippen molar-refractivity contribution >= 4 is 11.6 Å². The maximum absolute atomic E-state index is 12.5. The summed E-state index contributed by atoms with van der Waals surface area (Å²) in [6.45, 7) is 1.91. The topological polar surface area (TPSA) is 54.4 Å².